The molecule has 1 N–H and O–H groups in total. The number of nitrogens with one attached hydrogen (secondary N) is 1. The zero-order valence-electron chi connectivity index (χ0n) is 25.3. The molecule has 0 radical (unpaired) electrons. The third kappa shape index (κ3) is 5.18. The van der Waals surface area contributed by atoms with Gasteiger partial charge in [-0.05, 0) is 68.1 Å². The molecule has 2 saturated heterocycles. The van der Waals surface area contributed by atoms with Crippen molar-refractivity contribution in [3.63, 3.8) is 0 Å². The first-order valence-electron chi connectivity index (χ1n) is 15.3. The lowest BCUT2D eigenvalue weighted by Crippen LogP contribution is -2.43. The summed E-state index contributed by atoms with van der Waals surface area (Å²) in [4.78, 5) is 20.3. The average molecular weight is 593 g/mol. The Kier molecular flexibility index (Phi) is 7.27. The molecule has 0 unspecified atom stereocenters. The number of piperidine rings is 1. The summed E-state index contributed by atoms with van der Waals surface area (Å²) >= 11 is 0. The number of benzene rings is 2. The molecule has 9 heteroatoms. The van der Waals surface area contributed by atoms with E-state index in [1.54, 1.807) is 19.4 Å². The Labute approximate surface area is 256 Å². The number of hydrogen-bond donors (Lipinski definition) is 1. The zero-order valence-corrected chi connectivity index (χ0v) is 25.3. The Hall–Kier alpha value is -4.39. The van der Waals surface area contributed by atoms with Crippen molar-refractivity contribution in [1.82, 2.24) is 15.2 Å². The Morgan fingerprint density at radius 2 is 1.95 bits per heavy atom. The van der Waals surface area contributed by atoms with Crippen molar-refractivity contribution in [2.24, 2.45) is 5.92 Å². The van der Waals surface area contributed by atoms with E-state index in [9.17, 15) is 10.1 Å². The van der Waals surface area contributed by atoms with Gasteiger partial charge in [-0.3, -0.25) is 14.7 Å². The minimum atomic E-state index is -0.116. The summed E-state index contributed by atoms with van der Waals surface area (Å²) in [5.41, 5.74) is 4.54. The summed E-state index contributed by atoms with van der Waals surface area (Å²) in [7, 11) is 1.59. The SMILES string of the molecule is COc1cc(C(=O)N[C@@]23C[C@@H]2CN(C(C)C)C3)ccc1-c1cc2nccc(-c3ccc(OC4CCOCC4)c(C#N)c3)c2o1. The second kappa shape index (κ2) is 11.3. The number of carbonyl (C=O) groups is 1. The highest BCUT2D eigenvalue weighted by Crippen LogP contribution is 2.50. The zero-order chi connectivity index (χ0) is 30.4. The minimum Gasteiger partial charge on any atom is -0.496 e. The fourth-order valence-corrected chi connectivity index (χ4v) is 6.60. The number of likely N-dealkylation sites (tertiary alicyclic amines) is 1. The Morgan fingerprint density at radius 3 is 2.70 bits per heavy atom. The Balaban J connectivity index is 1.14. The largest absolute Gasteiger partial charge is 0.496 e. The van der Waals surface area contributed by atoms with E-state index in [1.165, 1.54) is 0 Å². The van der Waals surface area contributed by atoms with Crippen LogP contribution in [0, 0.1) is 17.2 Å². The third-order valence-electron chi connectivity index (χ3n) is 9.28. The van der Waals surface area contributed by atoms with Crippen molar-refractivity contribution < 1.29 is 23.4 Å². The summed E-state index contributed by atoms with van der Waals surface area (Å²) in [5, 5.41) is 13.2. The molecule has 2 atom stereocenters. The molecular formula is C35H36N4O5. The molecule has 2 aliphatic heterocycles. The van der Waals surface area contributed by atoms with Crippen LogP contribution in [0.4, 0.5) is 0 Å². The maximum Gasteiger partial charge on any atom is 0.251 e. The fraction of sp³-hybridized carbons (Fsp3) is 0.400. The number of nitrogens with zero attached hydrogens (tertiary/aromatic N) is 3. The molecule has 1 aliphatic carbocycles. The van der Waals surface area contributed by atoms with Crippen molar-refractivity contribution in [3.05, 3.63) is 65.9 Å². The van der Waals surface area contributed by atoms with Gasteiger partial charge in [-0.25, -0.2) is 0 Å². The van der Waals surface area contributed by atoms with Gasteiger partial charge in [0.1, 0.15) is 34.9 Å². The number of carbonyl (C=O) groups excluding carboxylic acids is 1. The number of fused-ring (bicyclic) bond motifs is 2. The Bertz CT molecular complexity index is 1770. The highest BCUT2D eigenvalue weighted by Gasteiger charge is 2.61. The lowest BCUT2D eigenvalue weighted by Gasteiger charge is -2.25. The van der Waals surface area contributed by atoms with E-state index < -0.39 is 0 Å². The summed E-state index contributed by atoms with van der Waals surface area (Å²) in [6.07, 6.45) is 4.42. The van der Waals surface area contributed by atoms with Gasteiger partial charge >= 0.3 is 0 Å². The fourth-order valence-electron chi connectivity index (χ4n) is 6.60. The van der Waals surface area contributed by atoms with Crippen LogP contribution in [0.15, 0.2) is 59.1 Å². The topological polar surface area (TPSA) is 110 Å². The molecule has 4 heterocycles. The summed E-state index contributed by atoms with van der Waals surface area (Å²) < 4.78 is 23.7. The number of pyridine rings is 1. The average Bonchev–Trinajstić information content (AvgIpc) is 3.34. The molecule has 7 rings (SSSR count). The maximum absolute atomic E-state index is 13.3. The molecule has 3 fully saturated rings. The highest BCUT2D eigenvalue weighted by molar-refractivity contribution is 5.97. The van der Waals surface area contributed by atoms with Gasteiger partial charge in [-0.1, -0.05) is 6.07 Å². The lowest BCUT2D eigenvalue weighted by molar-refractivity contribution is 0.0254. The van der Waals surface area contributed by atoms with Gasteiger partial charge in [0, 0.05) is 55.4 Å². The second-order valence-corrected chi connectivity index (χ2v) is 12.4. The van der Waals surface area contributed by atoms with Crippen molar-refractivity contribution >= 4 is 17.0 Å². The first-order valence-corrected chi connectivity index (χ1v) is 15.3. The van der Waals surface area contributed by atoms with E-state index in [1.807, 2.05) is 42.5 Å². The van der Waals surface area contributed by atoms with Gasteiger partial charge in [0.05, 0.1) is 37.0 Å². The molecule has 3 aliphatic rings. The van der Waals surface area contributed by atoms with E-state index in [0.29, 0.717) is 64.7 Å². The molecular weight excluding hydrogens is 556 g/mol. The van der Waals surface area contributed by atoms with E-state index in [0.717, 1.165) is 49.0 Å². The third-order valence-corrected chi connectivity index (χ3v) is 9.28. The molecule has 1 amide bonds. The van der Waals surface area contributed by atoms with Crippen LogP contribution in [-0.2, 0) is 4.74 Å². The number of ether oxygens (including phenoxy) is 3. The van der Waals surface area contributed by atoms with E-state index in [-0.39, 0.29) is 17.6 Å². The van der Waals surface area contributed by atoms with Crippen molar-refractivity contribution in [2.45, 2.75) is 50.8 Å². The van der Waals surface area contributed by atoms with Crippen LogP contribution < -0.4 is 14.8 Å². The molecule has 4 aromatic rings. The van der Waals surface area contributed by atoms with E-state index in [4.69, 9.17) is 18.6 Å². The quantitative estimate of drug-likeness (QED) is 0.273. The summed E-state index contributed by atoms with van der Waals surface area (Å²) in [5.74, 6) is 2.12. The molecule has 44 heavy (non-hydrogen) atoms. The number of rotatable bonds is 8. The minimum absolute atomic E-state index is 0.0395. The normalized spacial score (nSPS) is 21.7. The van der Waals surface area contributed by atoms with Crippen LogP contribution in [0.25, 0.3) is 33.6 Å². The number of furan rings is 1. The van der Waals surface area contributed by atoms with Crippen molar-refractivity contribution in [2.75, 3.05) is 33.4 Å². The van der Waals surface area contributed by atoms with Crippen molar-refractivity contribution in [1.29, 1.82) is 5.26 Å². The predicted octanol–water partition coefficient (Wildman–Crippen LogP) is 5.81. The monoisotopic (exact) mass is 592 g/mol. The maximum atomic E-state index is 13.3. The van der Waals surface area contributed by atoms with Crippen LogP contribution >= 0.6 is 0 Å². The molecule has 1 saturated carbocycles. The first-order chi connectivity index (χ1) is 21.4. The van der Waals surface area contributed by atoms with Crippen molar-refractivity contribution in [3.8, 4) is 40.0 Å². The van der Waals surface area contributed by atoms with Crippen LogP contribution in [0.3, 0.4) is 0 Å². The standard InChI is InChI=1S/C35H36N4O5/c1-21(2)39-19-25-17-35(25,20-39)38-34(40)23-4-6-28(31(15-23)41-3)32-16-29-33(44-32)27(8-11-37-29)22-5-7-30(24(14-22)18-36)43-26-9-12-42-13-10-26/h4-8,11,14-16,21,25-26H,9-10,12-13,17,19-20H2,1-3H3,(H,38,40)/t25-,35-/m1/s1. The van der Waals surface area contributed by atoms with Crippen LogP contribution in [-0.4, -0.2) is 66.9 Å². The van der Waals surface area contributed by atoms with Gasteiger partial charge < -0.3 is 23.9 Å². The molecule has 2 aromatic heterocycles. The molecule has 2 aromatic carbocycles. The van der Waals surface area contributed by atoms with Gasteiger partial charge in [-0.15, -0.1) is 0 Å². The van der Waals surface area contributed by atoms with Gasteiger partial charge in [0.15, 0.2) is 5.58 Å². The first kappa shape index (κ1) is 28.4. The number of nitriles is 1. The molecule has 0 spiro atoms. The predicted molar refractivity (Wildman–Crippen MR) is 166 cm³/mol. The summed E-state index contributed by atoms with van der Waals surface area (Å²) in [6, 6.07) is 17.6. The smallest absolute Gasteiger partial charge is 0.251 e. The molecule has 9 nitrogen and oxygen atoms in total. The number of hydrogen-bond acceptors (Lipinski definition) is 8. The molecule has 226 valence electrons. The van der Waals surface area contributed by atoms with Gasteiger partial charge in [-0.2, -0.15) is 5.26 Å². The second-order valence-electron chi connectivity index (χ2n) is 12.4. The number of methoxy groups -OCH3 is 1. The number of amides is 1. The van der Waals surface area contributed by atoms with Crippen LogP contribution in [0.1, 0.15) is 49.0 Å². The van der Waals surface area contributed by atoms with Crippen LogP contribution in [0.2, 0.25) is 0 Å². The van der Waals surface area contributed by atoms with E-state index >= 15 is 0 Å². The number of aromatic nitrogens is 1. The van der Waals surface area contributed by atoms with Gasteiger partial charge in [0.25, 0.3) is 5.91 Å². The lowest BCUT2D eigenvalue weighted by atomic mass is 10.0. The van der Waals surface area contributed by atoms with Gasteiger partial charge in [0.2, 0.25) is 0 Å². The molecule has 0 bridgehead atoms. The highest BCUT2D eigenvalue weighted by atomic mass is 16.5. The van der Waals surface area contributed by atoms with E-state index in [2.05, 4.69) is 35.1 Å². The van der Waals surface area contributed by atoms with Crippen LogP contribution in [0.5, 0.6) is 11.5 Å². The summed E-state index contributed by atoms with van der Waals surface area (Å²) in [6.45, 7) is 7.66. The Morgan fingerprint density at radius 1 is 1.11 bits per heavy atom.